The third-order valence-electron chi connectivity index (χ3n) is 4.45. The lowest BCUT2D eigenvalue weighted by molar-refractivity contribution is -0.120. The number of nitrogens with zero attached hydrogens (tertiary/aromatic N) is 2. The van der Waals surface area contributed by atoms with Crippen molar-refractivity contribution in [1.82, 2.24) is 9.78 Å². The third kappa shape index (κ3) is 3.27. The molecule has 1 aliphatic rings. The van der Waals surface area contributed by atoms with Gasteiger partial charge in [-0.25, -0.2) is 9.07 Å². The number of halogens is 1. The molecule has 1 aromatic carbocycles. The number of benzene rings is 1. The first-order valence-corrected chi connectivity index (χ1v) is 7.92. The molecule has 1 aliphatic carbocycles. The summed E-state index contributed by atoms with van der Waals surface area (Å²) in [5, 5.41) is 7.35. The van der Waals surface area contributed by atoms with Crippen LogP contribution in [0.25, 0.3) is 5.69 Å². The molecule has 0 bridgehead atoms. The number of amides is 1. The molecule has 0 unspecified atom stereocenters. The topological polar surface area (TPSA) is 72.9 Å². The summed E-state index contributed by atoms with van der Waals surface area (Å²) in [6, 6.07) is 7.83. The lowest BCUT2D eigenvalue weighted by Crippen LogP contribution is -2.30. The Balaban J connectivity index is 1.83. The Morgan fingerprint density at radius 1 is 1.39 bits per heavy atom. The van der Waals surface area contributed by atoms with E-state index < -0.39 is 0 Å². The van der Waals surface area contributed by atoms with E-state index in [-0.39, 0.29) is 23.6 Å². The Labute approximate surface area is 134 Å². The van der Waals surface area contributed by atoms with E-state index in [1.54, 1.807) is 16.8 Å². The average Bonchev–Trinajstić information content (AvgIpc) is 3.14. The highest BCUT2D eigenvalue weighted by atomic mass is 19.1. The van der Waals surface area contributed by atoms with Crippen molar-refractivity contribution < 1.29 is 9.18 Å². The van der Waals surface area contributed by atoms with Crippen LogP contribution in [0.4, 0.5) is 10.2 Å². The number of nitrogens with two attached hydrogens (primary N) is 1. The molecular formula is C17H21FN4O. The molecule has 2 atom stereocenters. The van der Waals surface area contributed by atoms with Crippen molar-refractivity contribution in [3.63, 3.8) is 0 Å². The second-order valence-electron chi connectivity index (χ2n) is 6.08. The molecule has 0 saturated heterocycles. The maximum Gasteiger partial charge on any atom is 0.228 e. The lowest BCUT2D eigenvalue weighted by atomic mass is 9.95. The molecule has 2 aromatic rings. The van der Waals surface area contributed by atoms with Gasteiger partial charge in [0.1, 0.15) is 11.6 Å². The zero-order valence-electron chi connectivity index (χ0n) is 13.1. The predicted molar refractivity (Wildman–Crippen MR) is 86.8 cm³/mol. The van der Waals surface area contributed by atoms with Crippen molar-refractivity contribution in [1.29, 1.82) is 0 Å². The summed E-state index contributed by atoms with van der Waals surface area (Å²) < 4.78 is 14.7. The molecule has 122 valence electrons. The minimum Gasteiger partial charge on any atom is -0.330 e. The standard InChI is InChI=1S/C17H21FN4O/c1-11-9-16(20-17(23)15-4-2-3-12(15)10-19)22(21-11)14-7-5-13(18)6-8-14/h5-9,12,15H,2-4,10,19H2,1H3,(H,20,23)/t12-,15-/m1/s1. The summed E-state index contributed by atoms with van der Waals surface area (Å²) in [6.07, 6.45) is 2.92. The molecule has 1 fully saturated rings. The highest BCUT2D eigenvalue weighted by molar-refractivity contribution is 5.92. The van der Waals surface area contributed by atoms with Gasteiger partial charge in [0, 0.05) is 12.0 Å². The van der Waals surface area contributed by atoms with Gasteiger partial charge in [-0.15, -0.1) is 0 Å². The quantitative estimate of drug-likeness (QED) is 0.910. The van der Waals surface area contributed by atoms with Gasteiger partial charge in [0.25, 0.3) is 0 Å². The Morgan fingerprint density at radius 2 is 2.13 bits per heavy atom. The van der Waals surface area contributed by atoms with Gasteiger partial charge in [-0.05, 0) is 56.5 Å². The van der Waals surface area contributed by atoms with E-state index in [1.807, 2.05) is 13.0 Å². The molecule has 0 aliphatic heterocycles. The van der Waals surface area contributed by atoms with E-state index in [0.717, 1.165) is 25.0 Å². The molecule has 1 saturated carbocycles. The van der Waals surface area contributed by atoms with Crippen LogP contribution in [0.3, 0.4) is 0 Å². The summed E-state index contributed by atoms with van der Waals surface area (Å²) in [4.78, 5) is 12.6. The normalized spacial score (nSPS) is 20.7. The maximum atomic E-state index is 13.1. The number of carbonyl (C=O) groups is 1. The van der Waals surface area contributed by atoms with E-state index in [0.29, 0.717) is 18.1 Å². The summed E-state index contributed by atoms with van der Waals surface area (Å²) in [6.45, 7) is 2.39. The van der Waals surface area contributed by atoms with E-state index in [2.05, 4.69) is 10.4 Å². The number of aryl methyl sites for hydroxylation is 1. The second kappa shape index (κ2) is 6.50. The second-order valence-corrected chi connectivity index (χ2v) is 6.08. The van der Waals surface area contributed by atoms with Gasteiger partial charge in [-0.3, -0.25) is 4.79 Å². The number of nitrogens with one attached hydrogen (secondary N) is 1. The largest absolute Gasteiger partial charge is 0.330 e. The van der Waals surface area contributed by atoms with Crippen molar-refractivity contribution in [3.8, 4) is 5.69 Å². The highest BCUT2D eigenvalue weighted by Crippen LogP contribution is 2.32. The SMILES string of the molecule is Cc1cc(NC(=O)[C@@H]2CCC[C@@H]2CN)n(-c2ccc(F)cc2)n1. The summed E-state index contributed by atoms with van der Waals surface area (Å²) in [5.74, 6) is 0.484. The smallest absolute Gasteiger partial charge is 0.228 e. The molecule has 23 heavy (non-hydrogen) atoms. The number of hydrogen-bond donors (Lipinski definition) is 2. The van der Waals surface area contributed by atoms with E-state index in [4.69, 9.17) is 5.73 Å². The fourth-order valence-corrected chi connectivity index (χ4v) is 3.25. The minimum atomic E-state index is -0.306. The van der Waals surface area contributed by atoms with Crippen LogP contribution >= 0.6 is 0 Å². The maximum absolute atomic E-state index is 13.1. The Hall–Kier alpha value is -2.21. The fourth-order valence-electron chi connectivity index (χ4n) is 3.25. The van der Waals surface area contributed by atoms with E-state index >= 15 is 0 Å². The lowest BCUT2D eigenvalue weighted by Gasteiger charge is -2.17. The summed E-state index contributed by atoms with van der Waals surface area (Å²) in [7, 11) is 0. The van der Waals surface area contributed by atoms with Crippen molar-refractivity contribution >= 4 is 11.7 Å². The number of rotatable bonds is 4. The summed E-state index contributed by atoms with van der Waals surface area (Å²) in [5.41, 5.74) is 7.25. The Morgan fingerprint density at radius 3 is 2.83 bits per heavy atom. The molecule has 0 radical (unpaired) electrons. The van der Waals surface area contributed by atoms with Crippen LogP contribution in [0.5, 0.6) is 0 Å². The zero-order valence-corrected chi connectivity index (χ0v) is 13.1. The van der Waals surface area contributed by atoms with Crippen molar-refractivity contribution in [2.24, 2.45) is 17.6 Å². The van der Waals surface area contributed by atoms with Crippen molar-refractivity contribution in [2.45, 2.75) is 26.2 Å². The fraction of sp³-hybridized carbons (Fsp3) is 0.412. The van der Waals surface area contributed by atoms with Crippen LogP contribution in [0.15, 0.2) is 30.3 Å². The monoisotopic (exact) mass is 316 g/mol. The first-order chi connectivity index (χ1) is 11.1. The van der Waals surface area contributed by atoms with Crippen LogP contribution in [0, 0.1) is 24.6 Å². The zero-order chi connectivity index (χ0) is 16.4. The van der Waals surface area contributed by atoms with Gasteiger partial charge in [0.05, 0.1) is 11.4 Å². The summed E-state index contributed by atoms with van der Waals surface area (Å²) >= 11 is 0. The molecule has 3 rings (SSSR count). The van der Waals surface area contributed by atoms with Gasteiger partial charge >= 0.3 is 0 Å². The molecule has 5 nitrogen and oxygen atoms in total. The number of aromatic nitrogens is 2. The molecular weight excluding hydrogens is 295 g/mol. The van der Waals surface area contributed by atoms with Gasteiger partial charge in [0.2, 0.25) is 5.91 Å². The highest BCUT2D eigenvalue weighted by Gasteiger charge is 2.32. The predicted octanol–water partition coefficient (Wildman–Crippen LogP) is 2.63. The molecule has 3 N–H and O–H groups in total. The molecule has 6 heteroatoms. The molecule has 0 spiro atoms. The number of anilines is 1. The average molecular weight is 316 g/mol. The van der Waals surface area contributed by atoms with Crippen LogP contribution in [0.1, 0.15) is 25.0 Å². The van der Waals surface area contributed by atoms with E-state index in [9.17, 15) is 9.18 Å². The van der Waals surface area contributed by atoms with Crippen LogP contribution in [-0.4, -0.2) is 22.2 Å². The van der Waals surface area contributed by atoms with Crippen LogP contribution in [0.2, 0.25) is 0 Å². The molecule has 1 heterocycles. The number of hydrogen-bond acceptors (Lipinski definition) is 3. The number of carbonyl (C=O) groups excluding carboxylic acids is 1. The van der Waals surface area contributed by atoms with Gasteiger partial charge < -0.3 is 11.1 Å². The first-order valence-electron chi connectivity index (χ1n) is 7.92. The third-order valence-corrected chi connectivity index (χ3v) is 4.45. The van der Waals surface area contributed by atoms with Crippen molar-refractivity contribution in [3.05, 3.63) is 41.8 Å². The minimum absolute atomic E-state index is 0.0128. The van der Waals surface area contributed by atoms with Crippen LogP contribution in [-0.2, 0) is 4.79 Å². The van der Waals surface area contributed by atoms with Gasteiger partial charge in [-0.2, -0.15) is 5.10 Å². The van der Waals surface area contributed by atoms with Gasteiger partial charge in [0.15, 0.2) is 0 Å². The Bertz CT molecular complexity index is 695. The van der Waals surface area contributed by atoms with E-state index in [1.165, 1.54) is 12.1 Å². The van der Waals surface area contributed by atoms with Gasteiger partial charge in [-0.1, -0.05) is 6.42 Å². The first kappa shape index (κ1) is 15.7. The van der Waals surface area contributed by atoms with Crippen molar-refractivity contribution in [2.75, 3.05) is 11.9 Å². The van der Waals surface area contributed by atoms with Crippen LogP contribution < -0.4 is 11.1 Å². The molecule has 1 aromatic heterocycles. The molecule has 1 amide bonds. The Kier molecular flexibility index (Phi) is 4.43.